The molecule has 1 heterocycles. The third-order valence-corrected chi connectivity index (χ3v) is 3.25. The summed E-state index contributed by atoms with van der Waals surface area (Å²) in [6, 6.07) is 5.45. The van der Waals surface area contributed by atoms with E-state index in [4.69, 9.17) is 0 Å². The van der Waals surface area contributed by atoms with Crippen molar-refractivity contribution < 1.29 is 4.79 Å². The van der Waals surface area contributed by atoms with Gasteiger partial charge in [-0.1, -0.05) is 18.2 Å². The van der Waals surface area contributed by atoms with Crippen molar-refractivity contribution in [2.45, 2.75) is 38.5 Å². The number of unbranched alkanes of at least 4 members (excludes halogenated alkanes) is 1. The summed E-state index contributed by atoms with van der Waals surface area (Å²) in [4.78, 5) is 15.9. The maximum absolute atomic E-state index is 11.9. The van der Waals surface area contributed by atoms with Crippen molar-refractivity contribution >= 4 is 5.78 Å². The van der Waals surface area contributed by atoms with Crippen molar-refractivity contribution in [1.82, 2.24) is 4.98 Å². The number of allylic oxidation sites excluding steroid dienone is 2. The van der Waals surface area contributed by atoms with Gasteiger partial charge in [-0.3, -0.25) is 9.78 Å². The molecule has 0 bridgehead atoms. The summed E-state index contributed by atoms with van der Waals surface area (Å²) in [6.07, 6.45) is 11.5. The van der Waals surface area contributed by atoms with Gasteiger partial charge in [0.15, 0.2) is 5.78 Å². The van der Waals surface area contributed by atoms with Crippen LogP contribution < -0.4 is 0 Å². The standard InChI is InChI=1S/C17H23NO/c1-3-5-6-10-15(4-2)11-9-13-17(19)16-12-7-8-14-18-16/h3-4,7-8,12,14-15H,1-2,5-6,9-11,13H2. The first-order chi connectivity index (χ1) is 9.27. The summed E-state index contributed by atoms with van der Waals surface area (Å²) in [6.45, 7) is 7.60. The maximum Gasteiger partial charge on any atom is 0.181 e. The molecule has 1 atom stereocenters. The number of aromatic nitrogens is 1. The maximum atomic E-state index is 11.9. The van der Waals surface area contributed by atoms with Crippen molar-refractivity contribution in [2.75, 3.05) is 0 Å². The lowest BCUT2D eigenvalue weighted by Crippen LogP contribution is -2.03. The fourth-order valence-electron chi connectivity index (χ4n) is 2.08. The Bertz CT molecular complexity index is 397. The molecule has 0 spiro atoms. The van der Waals surface area contributed by atoms with Gasteiger partial charge in [0.05, 0.1) is 0 Å². The van der Waals surface area contributed by atoms with E-state index in [-0.39, 0.29) is 5.78 Å². The first-order valence-corrected chi connectivity index (χ1v) is 6.95. The lowest BCUT2D eigenvalue weighted by atomic mass is 9.95. The molecular weight excluding hydrogens is 234 g/mol. The molecule has 0 amide bonds. The molecule has 1 rings (SSSR count). The van der Waals surface area contributed by atoms with E-state index in [1.165, 1.54) is 0 Å². The van der Waals surface area contributed by atoms with Gasteiger partial charge in [-0.25, -0.2) is 0 Å². The van der Waals surface area contributed by atoms with Gasteiger partial charge in [0.2, 0.25) is 0 Å². The summed E-state index contributed by atoms with van der Waals surface area (Å²) in [5, 5.41) is 0. The van der Waals surface area contributed by atoms with Crippen molar-refractivity contribution in [3.8, 4) is 0 Å². The number of hydrogen-bond donors (Lipinski definition) is 0. The second-order valence-corrected chi connectivity index (χ2v) is 4.75. The van der Waals surface area contributed by atoms with Crippen LogP contribution in [0.25, 0.3) is 0 Å². The molecule has 0 saturated heterocycles. The van der Waals surface area contributed by atoms with Crippen LogP contribution in [0.15, 0.2) is 49.7 Å². The first kappa shape index (κ1) is 15.4. The van der Waals surface area contributed by atoms with Crippen molar-refractivity contribution in [3.63, 3.8) is 0 Å². The summed E-state index contributed by atoms with van der Waals surface area (Å²) < 4.78 is 0. The second kappa shape index (κ2) is 9.26. The van der Waals surface area contributed by atoms with E-state index in [1.54, 1.807) is 12.3 Å². The second-order valence-electron chi connectivity index (χ2n) is 4.75. The highest BCUT2D eigenvalue weighted by Gasteiger charge is 2.08. The number of carbonyl (C=O) groups excluding carboxylic acids is 1. The Morgan fingerprint density at radius 2 is 2.05 bits per heavy atom. The van der Waals surface area contributed by atoms with Crippen LogP contribution in [0, 0.1) is 5.92 Å². The zero-order valence-corrected chi connectivity index (χ0v) is 11.6. The molecule has 2 nitrogen and oxygen atoms in total. The van der Waals surface area contributed by atoms with Crippen LogP contribution in [0.1, 0.15) is 49.0 Å². The largest absolute Gasteiger partial charge is 0.292 e. The molecule has 0 aromatic carbocycles. The molecule has 102 valence electrons. The third-order valence-electron chi connectivity index (χ3n) is 3.25. The van der Waals surface area contributed by atoms with E-state index in [0.29, 0.717) is 18.0 Å². The molecule has 1 aromatic rings. The first-order valence-electron chi connectivity index (χ1n) is 6.95. The minimum atomic E-state index is 0.134. The van der Waals surface area contributed by atoms with Crippen LogP contribution in [-0.4, -0.2) is 10.8 Å². The average molecular weight is 257 g/mol. The molecule has 1 unspecified atom stereocenters. The van der Waals surface area contributed by atoms with Crippen LogP contribution >= 0.6 is 0 Å². The zero-order valence-electron chi connectivity index (χ0n) is 11.6. The molecule has 1 aromatic heterocycles. The topological polar surface area (TPSA) is 30.0 Å². The summed E-state index contributed by atoms with van der Waals surface area (Å²) in [5.74, 6) is 0.644. The van der Waals surface area contributed by atoms with E-state index >= 15 is 0 Å². The lowest BCUT2D eigenvalue weighted by Gasteiger charge is -2.11. The number of rotatable bonds is 10. The third kappa shape index (κ3) is 6.14. The molecule has 0 aliphatic rings. The van der Waals surface area contributed by atoms with E-state index in [9.17, 15) is 4.79 Å². The van der Waals surface area contributed by atoms with Crippen LogP contribution in [0.4, 0.5) is 0 Å². The van der Waals surface area contributed by atoms with E-state index < -0.39 is 0 Å². The van der Waals surface area contributed by atoms with Crippen LogP contribution in [0.2, 0.25) is 0 Å². The van der Waals surface area contributed by atoms with E-state index in [1.807, 2.05) is 24.3 Å². The van der Waals surface area contributed by atoms with Gasteiger partial charge >= 0.3 is 0 Å². The highest BCUT2D eigenvalue weighted by Crippen LogP contribution is 2.18. The lowest BCUT2D eigenvalue weighted by molar-refractivity contribution is 0.0973. The van der Waals surface area contributed by atoms with Gasteiger partial charge in [0, 0.05) is 12.6 Å². The van der Waals surface area contributed by atoms with Gasteiger partial charge in [0.1, 0.15) is 5.69 Å². The van der Waals surface area contributed by atoms with Gasteiger partial charge in [-0.2, -0.15) is 0 Å². The summed E-state index contributed by atoms with van der Waals surface area (Å²) in [5.41, 5.74) is 0.573. The Balaban J connectivity index is 2.26. The van der Waals surface area contributed by atoms with E-state index in [0.717, 1.165) is 32.1 Å². The SMILES string of the molecule is C=CCCCC(C=C)CCCC(=O)c1ccccn1. The Kier molecular flexibility index (Phi) is 7.48. The number of nitrogens with zero attached hydrogens (tertiary/aromatic N) is 1. The van der Waals surface area contributed by atoms with Gasteiger partial charge < -0.3 is 0 Å². The van der Waals surface area contributed by atoms with Gasteiger partial charge in [-0.15, -0.1) is 13.2 Å². The van der Waals surface area contributed by atoms with Crippen molar-refractivity contribution in [2.24, 2.45) is 5.92 Å². The minimum Gasteiger partial charge on any atom is -0.292 e. The Morgan fingerprint density at radius 3 is 2.68 bits per heavy atom. The predicted octanol–water partition coefficient (Wildman–Crippen LogP) is 4.59. The quantitative estimate of drug-likeness (QED) is 0.348. The predicted molar refractivity (Wildman–Crippen MR) is 80.2 cm³/mol. The zero-order chi connectivity index (χ0) is 13.9. The van der Waals surface area contributed by atoms with Gasteiger partial charge in [0.25, 0.3) is 0 Å². The van der Waals surface area contributed by atoms with Crippen LogP contribution in [-0.2, 0) is 0 Å². The number of hydrogen-bond acceptors (Lipinski definition) is 2. The van der Waals surface area contributed by atoms with Crippen LogP contribution in [0.3, 0.4) is 0 Å². The fourth-order valence-corrected chi connectivity index (χ4v) is 2.08. The molecule has 0 N–H and O–H groups in total. The Labute approximate surface area is 116 Å². The number of pyridine rings is 1. The molecule has 0 saturated carbocycles. The minimum absolute atomic E-state index is 0.134. The number of Topliss-reactive ketones (excluding diaryl/α,β-unsaturated/α-hetero) is 1. The van der Waals surface area contributed by atoms with Crippen molar-refractivity contribution in [3.05, 3.63) is 55.4 Å². The Morgan fingerprint density at radius 1 is 1.26 bits per heavy atom. The average Bonchev–Trinajstić information content (AvgIpc) is 2.46. The Hall–Kier alpha value is -1.70. The van der Waals surface area contributed by atoms with Crippen LogP contribution in [0.5, 0.6) is 0 Å². The highest BCUT2D eigenvalue weighted by atomic mass is 16.1. The molecule has 2 heteroatoms. The monoisotopic (exact) mass is 257 g/mol. The smallest absolute Gasteiger partial charge is 0.181 e. The molecule has 0 aliphatic heterocycles. The summed E-state index contributed by atoms with van der Waals surface area (Å²) >= 11 is 0. The van der Waals surface area contributed by atoms with Gasteiger partial charge in [-0.05, 0) is 50.2 Å². The van der Waals surface area contributed by atoms with E-state index in [2.05, 4.69) is 18.1 Å². The normalized spacial score (nSPS) is 11.8. The fraction of sp³-hybridized carbons (Fsp3) is 0.412. The molecule has 0 fully saturated rings. The number of carbonyl (C=O) groups is 1. The summed E-state index contributed by atoms with van der Waals surface area (Å²) in [7, 11) is 0. The molecule has 19 heavy (non-hydrogen) atoms. The number of ketones is 1. The molecular formula is C17H23NO. The molecule has 0 radical (unpaired) electrons. The molecule has 0 aliphatic carbocycles. The highest BCUT2D eigenvalue weighted by molar-refractivity contribution is 5.94. The van der Waals surface area contributed by atoms with Crippen molar-refractivity contribution in [1.29, 1.82) is 0 Å².